The van der Waals surface area contributed by atoms with Gasteiger partial charge in [0.1, 0.15) is 11.3 Å². The number of aromatic hydroxyl groups is 1. The third-order valence-electron chi connectivity index (χ3n) is 2.66. The summed E-state index contributed by atoms with van der Waals surface area (Å²) < 4.78 is 6.13. The normalized spacial score (nSPS) is 11.0. The zero-order valence-electron chi connectivity index (χ0n) is 11.1. The Labute approximate surface area is 140 Å². The van der Waals surface area contributed by atoms with Gasteiger partial charge in [0.25, 0.3) is 0 Å². The lowest BCUT2D eigenvalue weighted by Crippen LogP contribution is -2.07. The van der Waals surface area contributed by atoms with E-state index in [1.54, 1.807) is 31.2 Å². The lowest BCUT2D eigenvalue weighted by atomic mass is 10.1. The second-order valence-electron chi connectivity index (χ2n) is 4.06. The molecule has 1 aromatic heterocycles. The van der Waals surface area contributed by atoms with Gasteiger partial charge in [-0.05, 0) is 52.7 Å². The highest BCUT2D eigenvalue weighted by atomic mass is 79.9. The van der Waals surface area contributed by atoms with E-state index in [0.29, 0.717) is 14.4 Å². The minimum Gasteiger partial charge on any atom is -0.506 e. The van der Waals surface area contributed by atoms with Crippen LogP contribution in [0.4, 0.5) is 0 Å². The summed E-state index contributed by atoms with van der Waals surface area (Å²) >= 11 is 10.5. The van der Waals surface area contributed by atoms with Gasteiger partial charge in [0.05, 0.1) is 15.4 Å². The van der Waals surface area contributed by atoms with Crippen LogP contribution in [0.1, 0.15) is 27.7 Å². The Morgan fingerprint density at radius 2 is 2.14 bits per heavy atom. The largest absolute Gasteiger partial charge is 0.506 e. The molecule has 110 valence electrons. The summed E-state index contributed by atoms with van der Waals surface area (Å²) in [5, 5.41) is 10.1. The molecule has 1 heterocycles. The van der Waals surface area contributed by atoms with Crippen LogP contribution in [0.2, 0.25) is 4.34 Å². The van der Waals surface area contributed by atoms with Crippen molar-refractivity contribution < 1.29 is 14.6 Å². The topological polar surface area (TPSA) is 46.5 Å². The van der Waals surface area contributed by atoms with E-state index in [9.17, 15) is 9.90 Å². The van der Waals surface area contributed by atoms with Crippen molar-refractivity contribution in [2.75, 3.05) is 6.61 Å². The maximum absolute atomic E-state index is 12.0. The number of phenolic OH excluding ortho intramolecular Hbond substituents is 1. The predicted octanol–water partition coefficient (Wildman–Crippen LogP) is 5.22. The van der Waals surface area contributed by atoms with Crippen molar-refractivity contribution in [3.63, 3.8) is 0 Å². The van der Waals surface area contributed by atoms with E-state index in [2.05, 4.69) is 15.9 Å². The van der Waals surface area contributed by atoms with Crippen LogP contribution in [-0.4, -0.2) is 17.7 Å². The maximum atomic E-state index is 12.0. The maximum Gasteiger partial charge on any atom is 0.342 e. The highest BCUT2D eigenvalue weighted by Crippen LogP contribution is 2.32. The van der Waals surface area contributed by atoms with Gasteiger partial charge >= 0.3 is 5.97 Å². The molecule has 2 aromatic rings. The number of carbonyl (C=O) groups excluding carboxylic acids is 1. The number of ether oxygens (including phenoxy) is 1. The summed E-state index contributed by atoms with van der Waals surface area (Å²) in [6.45, 7) is 1.96. The van der Waals surface area contributed by atoms with Gasteiger partial charge in [-0.15, -0.1) is 11.3 Å². The highest BCUT2D eigenvalue weighted by molar-refractivity contribution is 9.10. The Hall–Kier alpha value is -1.30. The third-order valence-corrected chi connectivity index (χ3v) is 4.50. The summed E-state index contributed by atoms with van der Waals surface area (Å²) in [6, 6.07) is 7.10. The number of rotatable bonds is 4. The van der Waals surface area contributed by atoms with Crippen molar-refractivity contribution in [1.82, 2.24) is 0 Å². The number of carbonyl (C=O) groups is 1. The van der Waals surface area contributed by atoms with Gasteiger partial charge in [-0.2, -0.15) is 0 Å². The van der Waals surface area contributed by atoms with Crippen LogP contribution in [0, 0.1) is 0 Å². The van der Waals surface area contributed by atoms with E-state index >= 15 is 0 Å². The molecule has 0 aliphatic heterocycles. The van der Waals surface area contributed by atoms with Crippen molar-refractivity contribution in [3.05, 3.63) is 49.1 Å². The minimum absolute atomic E-state index is 0.125. The number of esters is 1. The number of phenols is 1. The number of thiophene rings is 1. The molecular formula is C15H12BrClO3S. The second kappa shape index (κ2) is 7.11. The quantitative estimate of drug-likeness (QED) is 0.732. The fourth-order valence-electron chi connectivity index (χ4n) is 1.73. The molecule has 0 aliphatic rings. The monoisotopic (exact) mass is 386 g/mol. The van der Waals surface area contributed by atoms with Gasteiger partial charge in [0.15, 0.2) is 0 Å². The molecule has 0 atom stereocenters. The van der Waals surface area contributed by atoms with E-state index in [0.717, 1.165) is 4.88 Å². The molecule has 0 spiro atoms. The number of hydrogen-bond acceptors (Lipinski definition) is 4. The first-order valence-corrected chi connectivity index (χ1v) is 8.13. The van der Waals surface area contributed by atoms with Gasteiger partial charge in [0.2, 0.25) is 0 Å². The van der Waals surface area contributed by atoms with Gasteiger partial charge in [0, 0.05) is 4.88 Å². The third kappa shape index (κ3) is 3.87. The molecule has 6 heteroatoms. The summed E-state index contributed by atoms with van der Waals surface area (Å²) in [5.41, 5.74) is 0.726. The van der Waals surface area contributed by atoms with E-state index < -0.39 is 5.97 Å². The van der Waals surface area contributed by atoms with Crippen LogP contribution in [0.5, 0.6) is 5.75 Å². The highest BCUT2D eigenvalue weighted by Gasteiger charge is 2.18. The fraction of sp³-hybridized carbons (Fsp3) is 0.133. The second-order valence-corrected chi connectivity index (χ2v) is 6.66. The molecule has 0 radical (unpaired) electrons. The summed E-state index contributed by atoms with van der Waals surface area (Å²) in [4.78, 5) is 13.0. The molecule has 0 saturated heterocycles. The van der Waals surface area contributed by atoms with Crippen LogP contribution in [0.25, 0.3) is 12.2 Å². The summed E-state index contributed by atoms with van der Waals surface area (Å²) in [6.07, 6.45) is 3.59. The average molecular weight is 388 g/mol. The van der Waals surface area contributed by atoms with Crippen molar-refractivity contribution in [3.8, 4) is 5.75 Å². The molecule has 0 amide bonds. The Balaban J connectivity index is 2.41. The zero-order valence-corrected chi connectivity index (χ0v) is 14.3. The van der Waals surface area contributed by atoms with Crippen molar-refractivity contribution in [2.24, 2.45) is 0 Å². The first-order chi connectivity index (χ1) is 10.0. The number of hydrogen-bond donors (Lipinski definition) is 1. The van der Waals surface area contributed by atoms with Crippen LogP contribution < -0.4 is 0 Å². The van der Waals surface area contributed by atoms with Crippen molar-refractivity contribution >= 4 is 57.0 Å². The van der Waals surface area contributed by atoms with Gasteiger partial charge in [-0.3, -0.25) is 0 Å². The Kier molecular flexibility index (Phi) is 5.45. The van der Waals surface area contributed by atoms with E-state index in [-0.39, 0.29) is 17.9 Å². The van der Waals surface area contributed by atoms with Crippen LogP contribution in [0.3, 0.4) is 0 Å². The van der Waals surface area contributed by atoms with Gasteiger partial charge < -0.3 is 9.84 Å². The first-order valence-electron chi connectivity index (χ1n) is 6.15. The smallest absolute Gasteiger partial charge is 0.342 e. The predicted molar refractivity (Wildman–Crippen MR) is 90.0 cm³/mol. The standard InChI is InChI=1S/C15H12BrClO3S/c1-2-20-15(19)13-9(4-7-11(16)14(13)18)3-5-10-6-8-12(17)21-10/h3-8,18H,2H2,1H3. The minimum atomic E-state index is -0.555. The van der Waals surface area contributed by atoms with E-state index in [1.165, 1.54) is 11.3 Å². The number of halogens is 2. The lowest BCUT2D eigenvalue weighted by Gasteiger charge is -2.09. The Morgan fingerprint density at radius 1 is 1.38 bits per heavy atom. The van der Waals surface area contributed by atoms with E-state index in [4.69, 9.17) is 16.3 Å². The summed E-state index contributed by atoms with van der Waals surface area (Å²) in [7, 11) is 0. The summed E-state index contributed by atoms with van der Waals surface area (Å²) in [5.74, 6) is -0.681. The molecule has 0 fully saturated rings. The molecule has 0 saturated carbocycles. The average Bonchev–Trinajstić information content (AvgIpc) is 2.86. The molecule has 0 unspecified atom stereocenters. The molecule has 2 rings (SSSR count). The first kappa shape index (κ1) is 16.1. The zero-order chi connectivity index (χ0) is 15.4. The van der Waals surface area contributed by atoms with Gasteiger partial charge in [-0.25, -0.2) is 4.79 Å². The Morgan fingerprint density at radius 3 is 2.76 bits per heavy atom. The van der Waals surface area contributed by atoms with Crippen LogP contribution in [-0.2, 0) is 4.74 Å². The van der Waals surface area contributed by atoms with Crippen molar-refractivity contribution in [1.29, 1.82) is 0 Å². The molecule has 21 heavy (non-hydrogen) atoms. The van der Waals surface area contributed by atoms with Crippen LogP contribution in [0.15, 0.2) is 28.7 Å². The Bertz CT molecular complexity index is 694. The fourth-order valence-corrected chi connectivity index (χ4v) is 3.02. The number of benzene rings is 1. The molecular weight excluding hydrogens is 376 g/mol. The molecule has 1 N–H and O–H groups in total. The van der Waals surface area contributed by atoms with Crippen LogP contribution >= 0.6 is 38.9 Å². The van der Waals surface area contributed by atoms with Gasteiger partial charge in [-0.1, -0.05) is 23.7 Å². The van der Waals surface area contributed by atoms with E-state index in [1.807, 2.05) is 12.1 Å². The molecule has 0 bridgehead atoms. The molecule has 3 nitrogen and oxygen atoms in total. The molecule has 1 aromatic carbocycles. The lowest BCUT2D eigenvalue weighted by molar-refractivity contribution is 0.0522. The SMILES string of the molecule is CCOC(=O)c1c(C=Cc2ccc(Cl)s2)ccc(Br)c1O. The van der Waals surface area contributed by atoms with Crippen molar-refractivity contribution in [2.45, 2.75) is 6.92 Å². The molecule has 0 aliphatic carbocycles.